The van der Waals surface area contributed by atoms with Crippen LogP contribution in [-0.2, 0) is 10.0 Å². The van der Waals surface area contributed by atoms with Crippen LogP contribution in [0.25, 0.3) is 0 Å². The van der Waals surface area contributed by atoms with Crippen LogP contribution in [0.15, 0.2) is 23.1 Å². The molecule has 0 atom stereocenters. The fourth-order valence-electron chi connectivity index (χ4n) is 2.33. The molecule has 2 rings (SSSR count). The van der Waals surface area contributed by atoms with Gasteiger partial charge in [-0.1, -0.05) is 0 Å². The summed E-state index contributed by atoms with van der Waals surface area (Å²) in [5.41, 5.74) is -0.444. The summed E-state index contributed by atoms with van der Waals surface area (Å²) < 4.78 is 26.3. The van der Waals surface area contributed by atoms with E-state index in [1.54, 1.807) is 0 Å². The molecule has 122 valence electrons. The maximum absolute atomic E-state index is 12.5. The van der Waals surface area contributed by atoms with E-state index < -0.39 is 27.3 Å². The van der Waals surface area contributed by atoms with Crippen molar-refractivity contribution < 1.29 is 28.5 Å². The molecule has 3 N–H and O–H groups in total. The molecule has 0 aliphatic carbocycles. The van der Waals surface area contributed by atoms with Crippen molar-refractivity contribution in [3.63, 3.8) is 0 Å². The Bertz CT molecular complexity index is 652. The lowest BCUT2D eigenvalue weighted by molar-refractivity contribution is 0.0693. The standard InChI is InChI=1S/C13H18N2O6S/c16-8-7-14-3-5-15(6-4-14)22(20,21)10-1-2-12(17)11(9-10)13(18)19/h1-2,9,16-17H,3-8H2,(H,18,19). The summed E-state index contributed by atoms with van der Waals surface area (Å²) in [5, 5.41) is 27.3. The summed E-state index contributed by atoms with van der Waals surface area (Å²) >= 11 is 0. The highest BCUT2D eigenvalue weighted by Gasteiger charge is 2.29. The van der Waals surface area contributed by atoms with Crippen molar-refractivity contribution in [1.82, 2.24) is 9.21 Å². The molecular formula is C13H18N2O6S. The van der Waals surface area contributed by atoms with Gasteiger partial charge in [-0.2, -0.15) is 4.31 Å². The molecule has 0 saturated carbocycles. The molecule has 8 nitrogen and oxygen atoms in total. The minimum atomic E-state index is -3.80. The number of carboxylic acid groups (broad SMARTS) is 1. The van der Waals surface area contributed by atoms with Gasteiger partial charge in [-0.3, -0.25) is 4.90 Å². The zero-order chi connectivity index (χ0) is 16.3. The number of β-amino-alcohol motifs (C(OH)–C–C–N with tert-alkyl or cyclic N) is 1. The van der Waals surface area contributed by atoms with E-state index >= 15 is 0 Å². The third-order valence-corrected chi connectivity index (χ3v) is 5.48. The van der Waals surface area contributed by atoms with E-state index in [1.165, 1.54) is 10.4 Å². The molecule has 0 radical (unpaired) electrons. The van der Waals surface area contributed by atoms with Gasteiger partial charge in [-0.05, 0) is 18.2 Å². The van der Waals surface area contributed by atoms with Gasteiger partial charge in [0.2, 0.25) is 10.0 Å². The van der Waals surface area contributed by atoms with Gasteiger partial charge in [0.05, 0.1) is 11.5 Å². The first-order valence-electron chi connectivity index (χ1n) is 6.76. The summed E-state index contributed by atoms with van der Waals surface area (Å²) in [6, 6.07) is 3.22. The van der Waals surface area contributed by atoms with Crippen molar-refractivity contribution in [2.75, 3.05) is 39.3 Å². The van der Waals surface area contributed by atoms with E-state index in [9.17, 15) is 18.3 Å². The molecule has 1 heterocycles. The Morgan fingerprint density at radius 1 is 1.18 bits per heavy atom. The maximum Gasteiger partial charge on any atom is 0.339 e. The molecule has 0 unspecified atom stereocenters. The quantitative estimate of drug-likeness (QED) is 0.659. The summed E-state index contributed by atoms with van der Waals surface area (Å²) in [6.45, 7) is 2.06. The largest absolute Gasteiger partial charge is 0.507 e. The Hall–Kier alpha value is -1.68. The van der Waals surface area contributed by atoms with Gasteiger partial charge in [-0.15, -0.1) is 0 Å². The first-order chi connectivity index (χ1) is 10.4. The van der Waals surface area contributed by atoms with Crippen molar-refractivity contribution in [2.24, 2.45) is 0 Å². The van der Waals surface area contributed by atoms with E-state index in [4.69, 9.17) is 10.2 Å². The van der Waals surface area contributed by atoms with Crippen LogP contribution < -0.4 is 0 Å². The second-order valence-electron chi connectivity index (χ2n) is 4.95. The lowest BCUT2D eigenvalue weighted by Crippen LogP contribution is -2.49. The summed E-state index contributed by atoms with van der Waals surface area (Å²) in [5.74, 6) is -1.86. The van der Waals surface area contributed by atoms with Crippen molar-refractivity contribution in [3.8, 4) is 5.75 Å². The monoisotopic (exact) mass is 330 g/mol. The molecule has 0 amide bonds. The second-order valence-corrected chi connectivity index (χ2v) is 6.89. The minimum Gasteiger partial charge on any atom is -0.507 e. The number of aromatic carboxylic acids is 1. The highest BCUT2D eigenvalue weighted by atomic mass is 32.2. The van der Waals surface area contributed by atoms with Gasteiger partial charge in [0.1, 0.15) is 11.3 Å². The second kappa shape index (κ2) is 6.61. The Morgan fingerprint density at radius 2 is 1.82 bits per heavy atom. The molecule has 0 spiro atoms. The number of piperazine rings is 1. The van der Waals surface area contributed by atoms with Gasteiger partial charge >= 0.3 is 5.97 Å². The zero-order valence-corrected chi connectivity index (χ0v) is 12.7. The van der Waals surface area contributed by atoms with Crippen molar-refractivity contribution in [1.29, 1.82) is 0 Å². The molecule has 22 heavy (non-hydrogen) atoms. The van der Waals surface area contributed by atoms with Crippen LogP contribution >= 0.6 is 0 Å². The third-order valence-electron chi connectivity index (χ3n) is 3.58. The van der Waals surface area contributed by atoms with Gasteiger partial charge in [0, 0.05) is 32.7 Å². The Labute approximate surface area is 128 Å². The Kier molecular flexibility index (Phi) is 5.01. The van der Waals surface area contributed by atoms with Gasteiger partial charge < -0.3 is 15.3 Å². The number of benzene rings is 1. The van der Waals surface area contributed by atoms with Crippen LogP contribution in [0.3, 0.4) is 0 Å². The number of rotatable bonds is 5. The number of hydrogen-bond acceptors (Lipinski definition) is 6. The van der Waals surface area contributed by atoms with Gasteiger partial charge in [0.15, 0.2) is 0 Å². The summed E-state index contributed by atoms with van der Waals surface area (Å²) in [6.07, 6.45) is 0. The highest BCUT2D eigenvalue weighted by molar-refractivity contribution is 7.89. The van der Waals surface area contributed by atoms with E-state index in [1.807, 2.05) is 4.90 Å². The van der Waals surface area contributed by atoms with Crippen LogP contribution in [0.2, 0.25) is 0 Å². The van der Waals surface area contributed by atoms with Crippen molar-refractivity contribution in [2.45, 2.75) is 4.90 Å². The van der Waals surface area contributed by atoms with Gasteiger partial charge in [0.25, 0.3) is 0 Å². The molecule has 1 aromatic rings. The average molecular weight is 330 g/mol. The zero-order valence-electron chi connectivity index (χ0n) is 11.8. The predicted octanol–water partition coefficient (Wildman–Crippen LogP) is -0.611. The molecule has 1 fully saturated rings. The number of sulfonamides is 1. The van der Waals surface area contributed by atoms with E-state index in [0.717, 1.165) is 12.1 Å². The van der Waals surface area contributed by atoms with Crippen molar-refractivity contribution in [3.05, 3.63) is 23.8 Å². The first-order valence-corrected chi connectivity index (χ1v) is 8.20. The molecule has 0 bridgehead atoms. The Balaban J connectivity index is 2.21. The van der Waals surface area contributed by atoms with Crippen LogP contribution in [0.1, 0.15) is 10.4 Å². The topological polar surface area (TPSA) is 118 Å². The maximum atomic E-state index is 12.5. The summed E-state index contributed by atoms with van der Waals surface area (Å²) in [7, 11) is -3.80. The predicted molar refractivity (Wildman–Crippen MR) is 77.4 cm³/mol. The van der Waals surface area contributed by atoms with Crippen LogP contribution in [0, 0.1) is 0 Å². The number of phenols is 1. The first kappa shape index (κ1) is 16.7. The SMILES string of the molecule is O=C(O)c1cc(S(=O)(=O)N2CCN(CCO)CC2)ccc1O. The molecule has 1 aliphatic rings. The molecule has 0 aromatic heterocycles. The normalized spacial score (nSPS) is 17.5. The smallest absolute Gasteiger partial charge is 0.339 e. The summed E-state index contributed by atoms with van der Waals surface area (Å²) in [4.78, 5) is 12.8. The van der Waals surface area contributed by atoms with Crippen molar-refractivity contribution >= 4 is 16.0 Å². The number of carbonyl (C=O) groups is 1. The lowest BCUT2D eigenvalue weighted by Gasteiger charge is -2.33. The van der Waals surface area contributed by atoms with Crippen LogP contribution in [0.4, 0.5) is 0 Å². The number of aliphatic hydroxyl groups is 1. The van der Waals surface area contributed by atoms with Gasteiger partial charge in [-0.25, -0.2) is 13.2 Å². The number of aliphatic hydroxyl groups excluding tert-OH is 1. The molecule has 9 heteroatoms. The number of nitrogens with zero attached hydrogens (tertiary/aromatic N) is 2. The molecular weight excluding hydrogens is 312 g/mol. The van der Waals surface area contributed by atoms with Crippen LogP contribution in [-0.4, -0.2) is 78.2 Å². The van der Waals surface area contributed by atoms with E-state index in [2.05, 4.69) is 0 Å². The fraction of sp³-hybridized carbons (Fsp3) is 0.462. The Morgan fingerprint density at radius 3 is 2.36 bits per heavy atom. The van der Waals surface area contributed by atoms with E-state index in [-0.39, 0.29) is 24.6 Å². The average Bonchev–Trinajstić information content (AvgIpc) is 2.48. The highest BCUT2D eigenvalue weighted by Crippen LogP contribution is 2.24. The fourth-order valence-corrected chi connectivity index (χ4v) is 3.78. The van der Waals surface area contributed by atoms with Crippen LogP contribution in [0.5, 0.6) is 5.75 Å². The molecule has 1 saturated heterocycles. The third kappa shape index (κ3) is 3.38. The van der Waals surface area contributed by atoms with E-state index in [0.29, 0.717) is 19.6 Å². The minimum absolute atomic E-state index is 0.0205. The number of aromatic hydroxyl groups is 1. The molecule has 1 aliphatic heterocycles. The number of carboxylic acids is 1. The lowest BCUT2D eigenvalue weighted by atomic mass is 10.2. The molecule has 1 aromatic carbocycles. The number of hydrogen-bond donors (Lipinski definition) is 3.